The van der Waals surface area contributed by atoms with Crippen molar-refractivity contribution in [3.63, 3.8) is 0 Å². The van der Waals surface area contributed by atoms with E-state index in [0.29, 0.717) is 0 Å². The monoisotopic (exact) mass is 801 g/mol. The van der Waals surface area contributed by atoms with Crippen molar-refractivity contribution in [2.75, 3.05) is 19.6 Å². The summed E-state index contributed by atoms with van der Waals surface area (Å²) in [4.78, 5) is 4.01. The normalized spacial score (nSPS) is 19.1. The highest BCUT2D eigenvalue weighted by atomic mass is 35.5. The molecule has 12 heteroatoms. The van der Waals surface area contributed by atoms with Crippen LogP contribution in [0.2, 0.25) is 13.0 Å². The molecule has 3 aromatic heterocycles. The van der Waals surface area contributed by atoms with Crippen LogP contribution in [0.1, 0.15) is 66.1 Å². The van der Waals surface area contributed by atoms with Gasteiger partial charge in [0.1, 0.15) is 17.5 Å². The van der Waals surface area contributed by atoms with Crippen molar-refractivity contribution >= 4 is 68.8 Å². The van der Waals surface area contributed by atoms with E-state index >= 15 is 0 Å². The zero-order valence-electron chi connectivity index (χ0n) is 27.1. The van der Waals surface area contributed by atoms with E-state index in [0.717, 1.165) is 68.6 Å². The van der Waals surface area contributed by atoms with Crippen LogP contribution in [-0.2, 0) is 19.3 Å². The van der Waals surface area contributed by atoms with Crippen molar-refractivity contribution in [3.05, 3.63) is 169 Å². The van der Waals surface area contributed by atoms with E-state index < -0.39 is 0 Å². The van der Waals surface area contributed by atoms with Gasteiger partial charge in [0.05, 0.1) is 31.1 Å². The summed E-state index contributed by atoms with van der Waals surface area (Å²) in [7, 11) is 0. The van der Waals surface area contributed by atoms with Crippen LogP contribution in [0.3, 0.4) is 0 Å². The first-order chi connectivity index (χ1) is 24.7. The zero-order valence-corrected chi connectivity index (χ0v) is 31.8. The Bertz CT molecular complexity index is 1840. The molecule has 1 unspecified atom stereocenters. The molecule has 3 aliphatic heterocycles. The summed E-state index contributed by atoms with van der Waals surface area (Å²) in [6.07, 6.45) is 3.05. The molecule has 3 aromatic carbocycles. The lowest BCUT2D eigenvalue weighted by atomic mass is 9.95. The van der Waals surface area contributed by atoms with E-state index in [2.05, 4.69) is 16.0 Å². The van der Waals surface area contributed by atoms with Gasteiger partial charge >= 0.3 is 0 Å². The van der Waals surface area contributed by atoms with E-state index in [4.69, 9.17) is 34.8 Å². The van der Waals surface area contributed by atoms with Gasteiger partial charge in [-0.3, -0.25) is 0 Å². The second-order valence-electron chi connectivity index (χ2n) is 12.4. The predicted molar refractivity (Wildman–Crippen MR) is 208 cm³/mol. The van der Waals surface area contributed by atoms with Gasteiger partial charge in [-0.15, -0.1) is 34.0 Å². The number of thiophene rings is 3. The van der Waals surface area contributed by atoms with Gasteiger partial charge in [0.15, 0.2) is 0 Å². The van der Waals surface area contributed by atoms with Gasteiger partial charge in [0, 0.05) is 34.3 Å². The van der Waals surface area contributed by atoms with Crippen molar-refractivity contribution in [1.29, 1.82) is 0 Å². The fourth-order valence-corrected chi connectivity index (χ4v) is 10.7. The van der Waals surface area contributed by atoms with Gasteiger partial charge in [-0.1, -0.05) is 71.2 Å². The summed E-state index contributed by atoms with van der Waals surface area (Å²) in [5, 5.41) is 10.3. The van der Waals surface area contributed by atoms with Crippen LogP contribution in [0.5, 0.6) is 0 Å². The summed E-state index contributed by atoms with van der Waals surface area (Å²) in [6, 6.07) is 26.4. The van der Waals surface area contributed by atoms with Crippen LogP contribution in [0.4, 0.5) is 13.2 Å². The topological polar surface area (TPSA) is 36.1 Å². The van der Waals surface area contributed by atoms with Crippen LogP contribution < -0.4 is 16.0 Å². The molecule has 0 amide bonds. The fraction of sp³-hybridized carbons (Fsp3) is 0.231. The van der Waals surface area contributed by atoms with Crippen LogP contribution >= 0.6 is 68.8 Å². The lowest BCUT2D eigenvalue weighted by Gasteiger charge is -2.24. The molecule has 0 aliphatic carbocycles. The number of halogens is 6. The molecule has 0 fully saturated rings. The van der Waals surface area contributed by atoms with Crippen molar-refractivity contribution in [2.24, 2.45) is 0 Å². The molecule has 6 aromatic rings. The van der Waals surface area contributed by atoms with Gasteiger partial charge in [0.2, 0.25) is 0 Å². The van der Waals surface area contributed by atoms with Crippen LogP contribution in [0.15, 0.2) is 91.0 Å². The maximum atomic E-state index is 12.9. The zero-order chi connectivity index (χ0) is 35.5. The van der Waals surface area contributed by atoms with Crippen molar-refractivity contribution in [3.8, 4) is 0 Å². The highest BCUT2D eigenvalue weighted by molar-refractivity contribution is 7.17. The average molecular weight is 803 g/mol. The summed E-state index contributed by atoms with van der Waals surface area (Å²) < 4.78 is 41.2. The highest BCUT2D eigenvalue weighted by Crippen LogP contribution is 2.39. The van der Waals surface area contributed by atoms with Crippen molar-refractivity contribution < 1.29 is 13.2 Å². The average Bonchev–Trinajstić information content (AvgIpc) is 3.83. The van der Waals surface area contributed by atoms with E-state index in [1.807, 2.05) is 54.6 Å². The van der Waals surface area contributed by atoms with Crippen LogP contribution in [0.25, 0.3) is 0 Å². The largest absolute Gasteiger partial charge is 0.306 e. The summed E-state index contributed by atoms with van der Waals surface area (Å²) >= 11 is 23.1. The number of nitrogens with one attached hydrogen (secondary N) is 3. The minimum Gasteiger partial charge on any atom is -0.306 e. The van der Waals surface area contributed by atoms with Gasteiger partial charge in [-0.2, -0.15) is 0 Å². The van der Waals surface area contributed by atoms with Crippen molar-refractivity contribution in [2.45, 2.75) is 37.4 Å². The molecular weight excluding hydrogens is 770 g/mol. The second kappa shape index (κ2) is 16.5. The molecule has 0 saturated carbocycles. The standard InChI is InChI=1S/3C13H11ClFNS/c3*14-12-7-10-11(17-12)5-6-16-13(10)8-1-3-9(15)4-2-8/h3*1-4,7,13,16H,5-6H2/t2*13-;/m10./s1. The molecule has 3 nitrogen and oxygen atoms in total. The Morgan fingerprint density at radius 2 is 0.686 bits per heavy atom. The molecule has 0 radical (unpaired) electrons. The number of rotatable bonds is 3. The van der Waals surface area contributed by atoms with Crippen LogP contribution in [-0.4, -0.2) is 19.6 Å². The fourth-order valence-electron chi connectivity index (χ4n) is 6.72. The first-order valence-corrected chi connectivity index (χ1v) is 20.1. The number of hydrogen-bond acceptors (Lipinski definition) is 6. The molecule has 3 N–H and O–H groups in total. The first-order valence-electron chi connectivity index (χ1n) is 16.5. The third kappa shape index (κ3) is 8.75. The van der Waals surface area contributed by atoms with Crippen LogP contribution in [0, 0.1) is 17.5 Å². The quantitative estimate of drug-likeness (QED) is 0.167. The first kappa shape index (κ1) is 36.6. The van der Waals surface area contributed by atoms with E-state index in [1.54, 1.807) is 34.0 Å². The van der Waals surface area contributed by atoms with Gasteiger partial charge in [0.25, 0.3) is 0 Å². The minimum atomic E-state index is -0.201. The number of fused-ring (bicyclic) bond motifs is 3. The molecule has 6 heterocycles. The van der Waals surface area contributed by atoms with Gasteiger partial charge < -0.3 is 16.0 Å². The lowest BCUT2D eigenvalue weighted by molar-refractivity contribution is 0.571. The minimum absolute atomic E-state index is 0.142. The molecule has 3 aliphatic rings. The van der Waals surface area contributed by atoms with Gasteiger partial charge in [-0.25, -0.2) is 13.2 Å². The van der Waals surface area contributed by atoms with Crippen molar-refractivity contribution in [1.82, 2.24) is 16.0 Å². The summed E-state index contributed by atoms with van der Waals surface area (Å²) in [5.74, 6) is -0.602. The second-order valence-corrected chi connectivity index (χ2v) is 17.7. The Hall–Kier alpha value is -2.70. The van der Waals surface area contributed by atoms with E-state index in [-0.39, 0.29) is 35.6 Å². The molecule has 264 valence electrons. The third-order valence-corrected chi connectivity index (χ3v) is 13.1. The predicted octanol–water partition coefficient (Wildman–Crippen LogP) is 11.3. The summed E-state index contributed by atoms with van der Waals surface area (Å²) in [5.41, 5.74) is 6.96. The SMILES string of the molecule is Fc1ccc(C2NCCc3sc(Cl)cc32)cc1.Fc1ccc([C@@H]2NCCc3sc(Cl)cc32)cc1.Fc1ccc([C@H]2NCCc3sc(Cl)cc32)cc1. The molecule has 3 atom stereocenters. The Labute approximate surface area is 322 Å². The Balaban J connectivity index is 0.000000119. The molecule has 0 bridgehead atoms. The molecule has 0 saturated heterocycles. The smallest absolute Gasteiger partial charge is 0.123 e. The lowest BCUT2D eigenvalue weighted by Crippen LogP contribution is -2.29. The number of benzene rings is 3. The van der Waals surface area contributed by atoms with E-state index in [1.165, 1.54) is 67.7 Å². The number of hydrogen-bond donors (Lipinski definition) is 3. The summed E-state index contributed by atoms with van der Waals surface area (Å²) in [6.45, 7) is 2.81. The molecular formula is C39H33Cl3F3N3S3. The molecule has 0 spiro atoms. The Morgan fingerprint density at radius 3 is 0.941 bits per heavy atom. The molecule has 9 rings (SSSR count). The Kier molecular flexibility index (Phi) is 11.9. The molecule has 51 heavy (non-hydrogen) atoms. The Morgan fingerprint density at radius 1 is 0.431 bits per heavy atom. The maximum Gasteiger partial charge on any atom is 0.123 e. The van der Waals surface area contributed by atoms with E-state index in [9.17, 15) is 13.2 Å². The highest BCUT2D eigenvalue weighted by Gasteiger charge is 2.26. The van der Waals surface area contributed by atoms with Gasteiger partial charge in [-0.05, 0) is 107 Å². The maximum absolute atomic E-state index is 12.9. The third-order valence-electron chi connectivity index (χ3n) is 9.08.